The van der Waals surface area contributed by atoms with Gasteiger partial charge in [0.2, 0.25) is 0 Å². The van der Waals surface area contributed by atoms with Crippen molar-refractivity contribution in [1.82, 2.24) is 0 Å². The molecular weight excluding hydrogens is 154 g/mol. The third kappa shape index (κ3) is 5.73. The van der Waals surface area contributed by atoms with E-state index in [1.165, 1.54) is 0 Å². The molecule has 0 aromatic heterocycles. The van der Waals surface area contributed by atoms with Gasteiger partial charge in [0.1, 0.15) is 0 Å². The van der Waals surface area contributed by atoms with E-state index in [9.17, 15) is 9.00 Å². The number of hydrogen-bond donors (Lipinski definition) is 2. The maximum atomic E-state index is 9.65. The van der Waals surface area contributed by atoms with E-state index in [0.717, 1.165) is 0 Å². The molecule has 0 rings (SSSR count). The molecule has 0 radical (unpaired) electrons. The molecule has 7 heteroatoms. The molecule has 1 unspecified atom stereocenters. The highest BCUT2D eigenvalue weighted by Crippen LogP contribution is 2.04. The first-order valence-corrected chi connectivity index (χ1v) is 3.74. The second-order valence-corrected chi connectivity index (χ2v) is 2.69. The Morgan fingerprint density at radius 3 is 2.50 bits per heavy atom. The third-order valence-electron chi connectivity index (χ3n) is 0.174. The van der Waals surface area contributed by atoms with Gasteiger partial charge < -0.3 is 9.92 Å². The number of nitrogens with two attached hydrogens (primary N) is 1. The molecule has 5 nitrogen and oxygen atoms in total. The predicted octanol–water partition coefficient (Wildman–Crippen LogP) is -0.133. The van der Waals surface area contributed by atoms with E-state index in [-0.39, 0.29) is 11.1 Å². The van der Waals surface area contributed by atoms with E-state index in [4.69, 9.17) is 4.55 Å². The Balaban J connectivity index is 3.18. The molecule has 0 aliphatic heterocycles. The van der Waals surface area contributed by atoms with Gasteiger partial charge in [-0.3, -0.25) is 4.55 Å². The summed E-state index contributed by atoms with van der Waals surface area (Å²) in [5, 5.41) is 0. The molecule has 3 N–H and O–H groups in total. The van der Waals surface area contributed by atoms with Crippen molar-refractivity contribution in [3.8, 4) is 0 Å². The van der Waals surface area contributed by atoms with E-state index < -0.39 is 16.2 Å². The average Bonchev–Trinajstić information content (AvgIpc) is 1.61. The Hall–Kier alpha value is -0.270. The summed E-state index contributed by atoms with van der Waals surface area (Å²) in [5.41, 5.74) is 4.41. The molecule has 0 saturated carbocycles. The van der Waals surface area contributed by atoms with E-state index >= 15 is 0 Å². The topological polar surface area (TPSA) is 89.6 Å². The van der Waals surface area contributed by atoms with Crippen molar-refractivity contribution in [2.45, 2.75) is 0 Å². The summed E-state index contributed by atoms with van der Waals surface area (Å²) in [4.78, 5) is 9.64. The van der Waals surface area contributed by atoms with Crippen LogP contribution in [0.2, 0.25) is 0 Å². The number of hydrogen-bond acceptors (Lipinski definition) is 4. The summed E-state index contributed by atoms with van der Waals surface area (Å²) in [6.07, 6.45) is -1.09. The largest absolute Gasteiger partial charge is 0.417 e. The van der Waals surface area contributed by atoms with Crippen LogP contribution in [0.25, 0.3) is 0 Å². The molecule has 48 valence electrons. The van der Waals surface area contributed by atoms with Crippen molar-refractivity contribution >= 4 is 27.3 Å². The monoisotopic (exact) mass is 157 g/mol. The fraction of sp³-hybridized carbons (Fsp3) is 0. The first kappa shape index (κ1) is 7.73. The highest BCUT2D eigenvalue weighted by atomic mass is 33.1. The second kappa shape index (κ2) is 3.70. The van der Waals surface area contributed by atoms with Gasteiger partial charge in [0, 0.05) is 0 Å². The molecule has 0 fully saturated rings. The van der Waals surface area contributed by atoms with Crippen molar-refractivity contribution in [2.24, 2.45) is 5.73 Å². The molecular formula is CH3NO4S2. The van der Waals surface area contributed by atoms with Gasteiger partial charge in [0.15, 0.2) is 11.1 Å². The van der Waals surface area contributed by atoms with Crippen molar-refractivity contribution < 1.29 is 17.7 Å². The van der Waals surface area contributed by atoms with Gasteiger partial charge in [-0.1, -0.05) is 0 Å². The summed E-state index contributed by atoms with van der Waals surface area (Å²) < 4.78 is 21.4. The standard InChI is InChI=1S/CH3NO4S2/c2-1(3)6-7-8(4)5/h(H2,2,3)(H,4,5). The Morgan fingerprint density at radius 2 is 2.38 bits per heavy atom. The van der Waals surface area contributed by atoms with Gasteiger partial charge in [0.25, 0.3) is 10.1 Å². The molecule has 8 heavy (non-hydrogen) atoms. The van der Waals surface area contributed by atoms with Crippen LogP contribution < -0.4 is 5.73 Å². The summed E-state index contributed by atoms with van der Waals surface area (Å²) in [6, 6.07) is 0. The smallest absolute Gasteiger partial charge is 0.358 e. The van der Waals surface area contributed by atoms with E-state index in [2.05, 4.69) is 9.92 Å². The van der Waals surface area contributed by atoms with Gasteiger partial charge in [-0.2, -0.15) is 0 Å². The Labute approximate surface area is 51.5 Å². The van der Waals surface area contributed by atoms with Gasteiger partial charge in [-0.15, -0.1) is 0 Å². The molecule has 1 amide bonds. The molecule has 0 spiro atoms. The first-order chi connectivity index (χ1) is 3.63. The van der Waals surface area contributed by atoms with Crippen LogP contribution >= 0.6 is 11.1 Å². The van der Waals surface area contributed by atoms with Gasteiger partial charge in [-0.25, -0.2) is 9.00 Å². The maximum Gasteiger partial charge on any atom is 0.417 e. The second-order valence-electron chi connectivity index (χ2n) is 0.688. The van der Waals surface area contributed by atoms with Gasteiger partial charge in [-0.05, 0) is 0 Å². The minimum atomic E-state index is -2.19. The van der Waals surface area contributed by atoms with Crippen molar-refractivity contribution in [3.05, 3.63) is 0 Å². The van der Waals surface area contributed by atoms with Crippen LogP contribution in [0.4, 0.5) is 4.79 Å². The van der Waals surface area contributed by atoms with Crippen molar-refractivity contribution in [2.75, 3.05) is 0 Å². The number of amides is 1. The highest BCUT2D eigenvalue weighted by molar-refractivity contribution is 8.65. The van der Waals surface area contributed by atoms with Crippen molar-refractivity contribution in [3.63, 3.8) is 0 Å². The summed E-state index contributed by atoms with van der Waals surface area (Å²) in [6.45, 7) is 0. The summed E-state index contributed by atoms with van der Waals surface area (Å²) >= 11 is 0.0926. The minimum absolute atomic E-state index is 0.0926. The normalized spacial score (nSPS) is 12.6. The molecule has 0 heterocycles. The average molecular weight is 157 g/mol. The number of primary amides is 1. The maximum absolute atomic E-state index is 9.65. The lowest BCUT2D eigenvalue weighted by atomic mass is 11.3. The van der Waals surface area contributed by atoms with Crippen LogP contribution in [0, 0.1) is 0 Å². The van der Waals surface area contributed by atoms with Gasteiger partial charge in [0.05, 0.1) is 0 Å². The zero-order chi connectivity index (χ0) is 6.57. The number of carbonyl (C=O) groups is 1. The molecule has 0 saturated heterocycles. The SMILES string of the molecule is NC(=O)OSS(=O)O. The van der Waals surface area contributed by atoms with E-state index in [0.29, 0.717) is 0 Å². The van der Waals surface area contributed by atoms with Crippen LogP contribution in [0.15, 0.2) is 0 Å². The summed E-state index contributed by atoms with van der Waals surface area (Å²) in [7, 11) is -2.19. The zero-order valence-electron chi connectivity index (χ0n) is 3.57. The van der Waals surface area contributed by atoms with Gasteiger partial charge >= 0.3 is 6.09 Å². The fourth-order valence-electron chi connectivity index (χ4n) is 0.0626. The molecule has 0 bridgehead atoms. The van der Waals surface area contributed by atoms with Crippen LogP contribution in [0.3, 0.4) is 0 Å². The first-order valence-electron chi connectivity index (χ1n) is 1.38. The highest BCUT2D eigenvalue weighted by Gasteiger charge is 1.98. The lowest BCUT2D eigenvalue weighted by molar-refractivity contribution is 0.219. The molecule has 0 aliphatic rings. The van der Waals surface area contributed by atoms with E-state index in [1.54, 1.807) is 0 Å². The van der Waals surface area contributed by atoms with Crippen LogP contribution in [-0.4, -0.2) is 14.9 Å². The third-order valence-corrected chi connectivity index (χ3v) is 1.08. The zero-order valence-corrected chi connectivity index (χ0v) is 5.20. The van der Waals surface area contributed by atoms with Crippen LogP contribution in [0.1, 0.15) is 0 Å². The Bertz CT molecular complexity index is 98.6. The molecule has 1 atom stereocenters. The Kier molecular flexibility index (Phi) is 3.57. The van der Waals surface area contributed by atoms with Crippen LogP contribution in [-0.2, 0) is 14.3 Å². The summed E-state index contributed by atoms with van der Waals surface area (Å²) in [5.74, 6) is 0. The molecule has 0 aromatic carbocycles. The van der Waals surface area contributed by atoms with E-state index in [1.807, 2.05) is 0 Å². The Morgan fingerprint density at radius 1 is 1.88 bits per heavy atom. The quantitative estimate of drug-likeness (QED) is 0.331. The molecule has 0 aromatic rings. The van der Waals surface area contributed by atoms with Crippen molar-refractivity contribution in [1.29, 1.82) is 0 Å². The minimum Gasteiger partial charge on any atom is -0.358 e. The lowest BCUT2D eigenvalue weighted by Crippen LogP contribution is -2.08. The lowest BCUT2D eigenvalue weighted by Gasteiger charge is -1.89. The fourth-order valence-corrected chi connectivity index (χ4v) is 0.564. The number of carbonyl (C=O) groups excluding carboxylic acids is 1. The molecule has 0 aliphatic carbocycles. The number of rotatable bonds is 2. The predicted molar refractivity (Wildman–Crippen MR) is 29.0 cm³/mol. The van der Waals surface area contributed by atoms with Crippen LogP contribution in [0.5, 0.6) is 0 Å².